The lowest BCUT2D eigenvalue weighted by Gasteiger charge is -2.36. The second-order valence-corrected chi connectivity index (χ2v) is 4.11. The highest BCUT2D eigenvalue weighted by Gasteiger charge is 2.79. The molecule has 0 radical (unpaired) electrons. The molecule has 0 saturated heterocycles. The van der Waals surface area contributed by atoms with E-state index in [-0.39, 0.29) is 6.08 Å². The van der Waals surface area contributed by atoms with E-state index in [4.69, 9.17) is 0 Å². The van der Waals surface area contributed by atoms with Gasteiger partial charge in [0.2, 0.25) is 6.17 Å². The third kappa shape index (κ3) is 3.55. The molecule has 0 aliphatic heterocycles. The van der Waals surface area contributed by atoms with Crippen molar-refractivity contribution in [3.05, 3.63) is 12.7 Å². The minimum Gasteiger partial charge on any atom is -0.421 e. The maximum atomic E-state index is 13.0. The number of halogens is 12. The van der Waals surface area contributed by atoms with Crippen molar-refractivity contribution in [3.8, 4) is 0 Å². The normalized spacial score (nSPS) is 16.7. The number of hydrogen-bond acceptors (Lipinski definition) is 2. The van der Waals surface area contributed by atoms with E-state index in [1.807, 2.05) is 0 Å². The lowest BCUT2D eigenvalue weighted by molar-refractivity contribution is -0.358. The highest BCUT2D eigenvalue weighted by atomic mass is 19.4. The summed E-state index contributed by atoms with van der Waals surface area (Å²) in [4.78, 5) is 10.4. The van der Waals surface area contributed by atoms with Crippen LogP contribution in [0.5, 0.6) is 0 Å². The van der Waals surface area contributed by atoms with Gasteiger partial charge >= 0.3 is 42.4 Å². The molecule has 2 nitrogen and oxygen atoms in total. The standard InChI is InChI=1S/C10H6F12O2/c1-2-3(23)24-6(14)10(21,22)8(17,18)4(11)7(15,16)9(19,20)5(12)13/h2,4-6H,1H2. The van der Waals surface area contributed by atoms with Crippen LogP contribution in [-0.2, 0) is 9.53 Å². The van der Waals surface area contributed by atoms with Crippen LogP contribution in [0.2, 0.25) is 0 Å². The largest absolute Gasteiger partial charge is 0.421 e. The van der Waals surface area contributed by atoms with Crippen LogP contribution >= 0.6 is 0 Å². The summed E-state index contributed by atoms with van der Waals surface area (Å²) in [6, 6.07) is 0. The van der Waals surface area contributed by atoms with Gasteiger partial charge in [0.25, 0.3) is 0 Å². The Morgan fingerprint density at radius 2 is 1.17 bits per heavy atom. The Morgan fingerprint density at radius 1 is 0.792 bits per heavy atom. The van der Waals surface area contributed by atoms with Gasteiger partial charge in [0, 0.05) is 6.08 Å². The van der Waals surface area contributed by atoms with Crippen molar-refractivity contribution in [2.75, 3.05) is 0 Å². The molecule has 0 heterocycles. The average Bonchev–Trinajstić information content (AvgIpc) is 2.45. The summed E-state index contributed by atoms with van der Waals surface area (Å²) in [7, 11) is 0. The fourth-order valence-electron chi connectivity index (χ4n) is 1.09. The van der Waals surface area contributed by atoms with Gasteiger partial charge < -0.3 is 4.74 Å². The Kier molecular flexibility index (Phi) is 6.25. The van der Waals surface area contributed by atoms with Gasteiger partial charge in [0.15, 0.2) is 0 Å². The molecule has 0 aromatic heterocycles. The van der Waals surface area contributed by atoms with Crippen molar-refractivity contribution in [1.82, 2.24) is 0 Å². The van der Waals surface area contributed by atoms with Crippen LogP contribution in [0.15, 0.2) is 12.7 Å². The number of hydrogen-bond donors (Lipinski definition) is 0. The fourth-order valence-corrected chi connectivity index (χ4v) is 1.09. The molecule has 0 fully saturated rings. The first-order valence-corrected chi connectivity index (χ1v) is 5.38. The Labute approximate surface area is 125 Å². The monoisotopic (exact) mass is 386 g/mol. The minimum atomic E-state index is -7.02. The van der Waals surface area contributed by atoms with Gasteiger partial charge in [-0.2, -0.15) is 39.5 Å². The van der Waals surface area contributed by atoms with Gasteiger partial charge in [-0.1, -0.05) is 6.58 Å². The van der Waals surface area contributed by atoms with Crippen LogP contribution in [0.3, 0.4) is 0 Å². The highest BCUT2D eigenvalue weighted by Crippen LogP contribution is 2.52. The summed E-state index contributed by atoms with van der Waals surface area (Å²) in [5.41, 5.74) is 0. The van der Waals surface area contributed by atoms with Crippen molar-refractivity contribution < 1.29 is 62.2 Å². The first-order valence-electron chi connectivity index (χ1n) is 5.38. The van der Waals surface area contributed by atoms with Gasteiger partial charge in [-0.25, -0.2) is 18.0 Å². The van der Waals surface area contributed by atoms with Crippen LogP contribution in [0.25, 0.3) is 0 Å². The van der Waals surface area contributed by atoms with E-state index in [1.165, 1.54) is 0 Å². The lowest BCUT2D eigenvalue weighted by atomic mass is 9.97. The van der Waals surface area contributed by atoms with Crippen LogP contribution in [0.1, 0.15) is 0 Å². The van der Waals surface area contributed by atoms with Gasteiger partial charge in [0.1, 0.15) is 0 Å². The average molecular weight is 386 g/mol. The molecule has 0 amide bonds. The molecule has 0 rings (SSSR count). The molecule has 0 N–H and O–H groups in total. The molecule has 2 unspecified atom stereocenters. The van der Waals surface area contributed by atoms with Crippen molar-refractivity contribution in [2.45, 2.75) is 42.6 Å². The molecular weight excluding hydrogens is 380 g/mol. The predicted molar refractivity (Wildman–Crippen MR) is 51.9 cm³/mol. The molecule has 0 bridgehead atoms. The zero-order chi connectivity index (χ0) is 19.7. The summed E-state index contributed by atoms with van der Waals surface area (Å²) >= 11 is 0. The zero-order valence-electron chi connectivity index (χ0n) is 10.9. The molecule has 0 aromatic rings. The third-order valence-electron chi connectivity index (χ3n) is 2.47. The van der Waals surface area contributed by atoms with Crippen LogP contribution in [-0.4, -0.2) is 48.6 Å². The molecule has 0 aromatic carbocycles. The SMILES string of the molecule is C=CC(=O)OC(F)C(F)(F)C(F)(F)C(F)C(F)(F)C(F)(F)C(F)F. The number of rotatable bonds is 8. The molecule has 0 spiro atoms. The molecule has 14 heteroatoms. The number of carbonyl (C=O) groups excluding carboxylic acids is 1. The van der Waals surface area contributed by atoms with Crippen molar-refractivity contribution in [3.63, 3.8) is 0 Å². The van der Waals surface area contributed by atoms with E-state index in [1.54, 1.807) is 0 Å². The summed E-state index contributed by atoms with van der Waals surface area (Å²) in [6.07, 6.45) is -16.2. The Balaban J connectivity index is 5.77. The van der Waals surface area contributed by atoms with Crippen molar-refractivity contribution in [2.24, 2.45) is 0 Å². The van der Waals surface area contributed by atoms with E-state index in [9.17, 15) is 57.5 Å². The van der Waals surface area contributed by atoms with E-state index < -0.39 is 48.6 Å². The number of esters is 1. The van der Waals surface area contributed by atoms with Crippen LogP contribution in [0, 0.1) is 0 Å². The number of carbonyl (C=O) groups is 1. The quantitative estimate of drug-likeness (QED) is 0.356. The van der Waals surface area contributed by atoms with Crippen LogP contribution < -0.4 is 0 Å². The summed E-state index contributed by atoms with van der Waals surface area (Å²) in [5, 5.41) is 0. The Hall–Kier alpha value is -1.63. The van der Waals surface area contributed by atoms with Gasteiger partial charge in [0.05, 0.1) is 0 Å². The second kappa shape index (κ2) is 6.70. The van der Waals surface area contributed by atoms with Crippen molar-refractivity contribution in [1.29, 1.82) is 0 Å². The molecule has 2 atom stereocenters. The smallest absolute Gasteiger partial charge is 0.378 e. The maximum Gasteiger partial charge on any atom is 0.378 e. The predicted octanol–water partition coefficient (Wildman–Crippen LogP) is 4.16. The minimum absolute atomic E-state index is 0.0344. The summed E-state index contributed by atoms with van der Waals surface area (Å²) < 4.78 is 155. The zero-order valence-corrected chi connectivity index (χ0v) is 10.9. The van der Waals surface area contributed by atoms with E-state index >= 15 is 0 Å². The summed E-state index contributed by atoms with van der Waals surface area (Å²) in [5.74, 6) is -29.5. The number of ether oxygens (including phenoxy) is 1. The van der Waals surface area contributed by atoms with Crippen molar-refractivity contribution >= 4 is 5.97 Å². The summed E-state index contributed by atoms with van der Waals surface area (Å²) in [6.45, 7) is 2.53. The molecule has 24 heavy (non-hydrogen) atoms. The van der Waals surface area contributed by atoms with E-state index in [0.717, 1.165) is 0 Å². The lowest BCUT2D eigenvalue weighted by Crippen LogP contribution is -2.64. The van der Waals surface area contributed by atoms with Crippen LogP contribution in [0.4, 0.5) is 52.7 Å². The van der Waals surface area contributed by atoms with E-state index in [0.29, 0.717) is 0 Å². The Bertz CT molecular complexity index is 474. The molecule has 0 saturated carbocycles. The van der Waals surface area contributed by atoms with Gasteiger partial charge in [-0.3, -0.25) is 0 Å². The maximum absolute atomic E-state index is 13.0. The van der Waals surface area contributed by atoms with Gasteiger partial charge in [-0.15, -0.1) is 0 Å². The first kappa shape index (κ1) is 22.4. The highest BCUT2D eigenvalue weighted by molar-refractivity contribution is 5.81. The first-order chi connectivity index (χ1) is 10.5. The molecule has 0 aliphatic carbocycles. The Morgan fingerprint density at radius 3 is 1.50 bits per heavy atom. The molecular formula is C10H6F12O2. The fraction of sp³-hybridized carbons (Fsp3) is 0.700. The van der Waals surface area contributed by atoms with E-state index in [2.05, 4.69) is 11.3 Å². The second-order valence-electron chi connectivity index (χ2n) is 4.11. The topological polar surface area (TPSA) is 26.3 Å². The van der Waals surface area contributed by atoms with Gasteiger partial charge in [-0.05, 0) is 0 Å². The molecule has 0 aliphatic rings. The third-order valence-corrected chi connectivity index (χ3v) is 2.47. The number of alkyl halides is 12. The molecule has 142 valence electrons.